The normalized spacial score (nSPS) is 10.4. The van der Waals surface area contributed by atoms with Crippen LogP contribution in [0.25, 0.3) is 0 Å². The molecule has 1 aromatic carbocycles. The Hall–Kier alpha value is -1.76. The van der Waals surface area contributed by atoms with Crippen LogP contribution in [0.5, 0.6) is 11.6 Å². The number of hydrogen-bond acceptors (Lipinski definition) is 3. The zero-order chi connectivity index (χ0) is 14.7. The molecule has 1 N–H and O–H groups in total. The van der Waals surface area contributed by atoms with Crippen molar-refractivity contribution < 1.29 is 17.9 Å². The van der Waals surface area contributed by atoms with E-state index >= 15 is 0 Å². The third kappa shape index (κ3) is 3.22. The van der Waals surface area contributed by atoms with E-state index in [4.69, 9.17) is 4.74 Å². The number of nitrogens with one attached hydrogen (secondary N) is 1. The highest BCUT2D eigenvalue weighted by Crippen LogP contribution is 2.31. The van der Waals surface area contributed by atoms with Gasteiger partial charge in [0.25, 0.3) is 5.88 Å². The Morgan fingerprint density at radius 3 is 2.60 bits per heavy atom. The van der Waals surface area contributed by atoms with Gasteiger partial charge in [0.2, 0.25) is 0 Å². The molecular formula is C13H10BrF3N2O. The summed E-state index contributed by atoms with van der Waals surface area (Å²) in [7, 11) is 0. The monoisotopic (exact) mass is 346 g/mol. The average Bonchev–Trinajstić information content (AvgIpc) is 2.38. The quantitative estimate of drug-likeness (QED) is 0.885. The van der Waals surface area contributed by atoms with E-state index in [1.165, 1.54) is 12.1 Å². The van der Waals surface area contributed by atoms with E-state index in [9.17, 15) is 13.2 Å². The third-order valence-electron chi connectivity index (χ3n) is 2.34. The highest BCUT2D eigenvalue weighted by Gasteiger charge is 2.14. The standard InChI is InChI=1S/C13H10BrF3N2O/c1-2-18-12-9(16)6-10(17)13(19-12)20-11-4-3-7(15)5-8(11)14/h3-6H,2H2,1H3,(H,18,19). The lowest BCUT2D eigenvalue weighted by atomic mass is 10.3. The van der Waals surface area contributed by atoms with Gasteiger partial charge in [0, 0.05) is 12.6 Å². The Kier molecular flexibility index (Phi) is 4.49. The van der Waals surface area contributed by atoms with E-state index in [2.05, 4.69) is 26.2 Å². The minimum atomic E-state index is -0.944. The lowest BCUT2D eigenvalue weighted by Gasteiger charge is -2.10. The summed E-state index contributed by atoms with van der Waals surface area (Å²) in [6.07, 6.45) is 0. The maximum Gasteiger partial charge on any atom is 0.258 e. The van der Waals surface area contributed by atoms with Crippen LogP contribution >= 0.6 is 15.9 Å². The molecular weight excluding hydrogens is 337 g/mol. The molecule has 0 amide bonds. The van der Waals surface area contributed by atoms with Crippen molar-refractivity contribution in [1.29, 1.82) is 0 Å². The van der Waals surface area contributed by atoms with Crippen LogP contribution in [0.3, 0.4) is 0 Å². The molecule has 0 saturated heterocycles. The molecule has 0 saturated carbocycles. The van der Waals surface area contributed by atoms with Crippen LogP contribution in [0.1, 0.15) is 6.92 Å². The van der Waals surface area contributed by atoms with Crippen LogP contribution in [-0.2, 0) is 0 Å². The van der Waals surface area contributed by atoms with Crippen LogP contribution < -0.4 is 10.1 Å². The number of rotatable bonds is 4. The van der Waals surface area contributed by atoms with Gasteiger partial charge >= 0.3 is 0 Å². The van der Waals surface area contributed by atoms with Gasteiger partial charge in [-0.25, -0.2) is 13.2 Å². The molecule has 1 aromatic heterocycles. The Morgan fingerprint density at radius 1 is 1.20 bits per heavy atom. The molecule has 1 heterocycles. The van der Waals surface area contributed by atoms with Gasteiger partial charge in [-0.15, -0.1) is 0 Å². The second-order valence-corrected chi connectivity index (χ2v) is 4.67. The summed E-state index contributed by atoms with van der Waals surface area (Å²) in [6.45, 7) is 2.18. The fourth-order valence-corrected chi connectivity index (χ4v) is 1.91. The molecule has 0 aliphatic heterocycles. The molecule has 0 bridgehead atoms. The lowest BCUT2D eigenvalue weighted by molar-refractivity contribution is 0.415. The zero-order valence-corrected chi connectivity index (χ0v) is 12.0. The summed E-state index contributed by atoms with van der Waals surface area (Å²) in [5, 5.41) is 2.65. The first kappa shape index (κ1) is 14.6. The summed E-state index contributed by atoms with van der Waals surface area (Å²) in [5.74, 6) is -2.55. The van der Waals surface area contributed by atoms with Gasteiger partial charge in [0.1, 0.15) is 11.6 Å². The average molecular weight is 347 g/mol. The summed E-state index contributed by atoms with van der Waals surface area (Å²) in [5.41, 5.74) is 0. The highest BCUT2D eigenvalue weighted by atomic mass is 79.9. The second kappa shape index (κ2) is 6.13. The molecule has 2 aromatic rings. The maximum absolute atomic E-state index is 13.6. The topological polar surface area (TPSA) is 34.2 Å². The van der Waals surface area contributed by atoms with Crippen molar-refractivity contribution in [2.24, 2.45) is 0 Å². The van der Waals surface area contributed by atoms with Crippen molar-refractivity contribution in [2.75, 3.05) is 11.9 Å². The van der Waals surface area contributed by atoms with Crippen LogP contribution in [0.4, 0.5) is 19.0 Å². The van der Waals surface area contributed by atoms with E-state index in [-0.39, 0.29) is 11.6 Å². The third-order valence-corrected chi connectivity index (χ3v) is 2.96. The summed E-state index contributed by atoms with van der Waals surface area (Å²) < 4.78 is 45.5. The summed E-state index contributed by atoms with van der Waals surface area (Å²) in [6, 6.07) is 4.32. The van der Waals surface area contributed by atoms with Crippen LogP contribution in [0.15, 0.2) is 28.7 Å². The first-order valence-corrected chi connectivity index (χ1v) is 6.53. The number of benzene rings is 1. The Labute approximate surface area is 121 Å². The van der Waals surface area contributed by atoms with Gasteiger partial charge in [-0.1, -0.05) is 0 Å². The number of pyridine rings is 1. The number of ether oxygens (including phenoxy) is 1. The Balaban J connectivity index is 2.35. The molecule has 2 rings (SSSR count). The number of halogens is 4. The molecule has 0 aliphatic carbocycles. The molecule has 0 aliphatic rings. The maximum atomic E-state index is 13.6. The predicted molar refractivity (Wildman–Crippen MR) is 72.5 cm³/mol. The number of hydrogen-bond donors (Lipinski definition) is 1. The van der Waals surface area contributed by atoms with Crippen molar-refractivity contribution in [1.82, 2.24) is 4.98 Å². The van der Waals surface area contributed by atoms with Gasteiger partial charge in [0.05, 0.1) is 4.47 Å². The highest BCUT2D eigenvalue weighted by molar-refractivity contribution is 9.10. The Bertz CT molecular complexity index is 637. The van der Waals surface area contributed by atoms with E-state index in [1.54, 1.807) is 6.92 Å². The first-order chi connectivity index (χ1) is 9.51. The number of aromatic nitrogens is 1. The molecule has 0 fully saturated rings. The van der Waals surface area contributed by atoms with E-state index in [0.29, 0.717) is 17.1 Å². The van der Waals surface area contributed by atoms with Gasteiger partial charge in [0.15, 0.2) is 17.5 Å². The molecule has 7 heteroatoms. The largest absolute Gasteiger partial charge is 0.435 e. The SMILES string of the molecule is CCNc1nc(Oc2ccc(F)cc2Br)c(F)cc1F. The first-order valence-electron chi connectivity index (χ1n) is 5.74. The van der Waals surface area contributed by atoms with E-state index < -0.39 is 23.3 Å². The van der Waals surface area contributed by atoms with Crippen molar-refractivity contribution in [3.63, 3.8) is 0 Å². The number of nitrogens with zero attached hydrogens (tertiary/aromatic N) is 1. The fourth-order valence-electron chi connectivity index (χ4n) is 1.47. The van der Waals surface area contributed by atoms with Crippen LogP contribution in [0.2, 0.25) is 0 Å². The molecule has 0 spiro atoms. The van der Waals surface area contributed by atoms with E-state index in [0.717, 1.165) is 6.07 Å². The smallest absolute Gasteiger partial charge is 0.258 e. The molecule has 106 valence electrons. The predicted octanol–water partition coefficient (Wildman–Crippen LogP) is 4.49. The molecule has 0 atom stereocenters. The minimum Gasteiger partial charge on any atom is -0.435 e. The van der Waals surface area contributed by atoms with Crippen LogP contribution in [-0.4, -0.2) is 11.5 Å². The molecule has 0 radical (unpaired) electrons. The Morgan fingerprint density at radius 2 is 1.95 bits per heavy atom. The minimum absolute atomic E-state index is 0.109. The van der Waals surface area contributed by atoms with Crippen molar-refractivity contribution >= 4 is 21.7 Å². The van der Waals surface area contributed by atoms with Crippen molar-refractivity contribution in [3.8, 4) is 11.6 Å². The molecule has 0 unspecified atom stereocenters. The van der Waals surface area contributed by atoms with Gasteiger partial charge in [-0.05, 0) is 41.1 Å². The second-order valence-electron chi connectivity index (χ2n) is 3.81. The molecule has 20 heavy (non-hydrogen) atoms. The molecule has 3 nitrogen and oxygen atoms in total. The van der Waals surface area contributed by atoms with Crippen molar-refractivity contribution in [2.45, 2.75) is 6.92 Å². The van der Waals surface area contributed by atoms with Crippen molar-refractivity contribution in [3.05, 3.63) is 46.2 Å². The van der Waals surface area contributed by atoms with Gasteiger partial charge < -0.3 is 10.1 Å². The zero-order valence-electron chi connectivity index (χ0n) is 10.4. The summed E-state index contributed by atoms with van der Waals surface area (Å²) >= 11 is 3.09. The number of anilines is 1. The fraction of sp³-hybridized carbons (Fsp3) is 0.154. The van der Waals surface area contributed by atoms with Gasteiger partial charge in [-0.2, -0.15) is 4.98 Å². The summed E-state index contributed by atoms with van der Waals surface area (Å²) in [4.78, 5) is 3.72. The van der Waals surface area contributed by atoms with Gasteiger partial charge in [-0.3, -0.25) is 0 Å². The van der Waals surface area contributed by atoms with E-state index in [1.807, 2.05) is 0 Å². The van der Waals surface area contributed by atoms with Crippen LogP contribution in [0, 0.1) is 17.5 Å². The lowest BCUT2D eigenvalue weighted by Crippen LogP contribution is -2.04.